The molecule has 0 aliphatic rings. The number of hydrogen-bond donors (Lipinski definition) is 0. The maximum absolute atomic E-state index is 11.0. The molecule has 1 aromatic rings. The number of non-ortho nitro benzene ring substituents is 1. The molecule has 0 bridgehead atoms. The number of ether oxygens (including phenoxy) is 2. The van der Waals surface area contributed by atoms with Crippen LogP contribution in [0.2, 0.25) is 0 Å². The average Bonchev–Trinajstić information content (AvgIpc) is 2.46. The summed E-state index contributed by atoms with van der Waals surface area (Å²) in [7, 11) is 4.73. The number of benzene rings is 1. The Bertz CT molecular complexity index is 504. The largest absolute Gasteiger partial charge is 0.496 e. The molecule has 0 N–H and O–H groups in total. The Labute approximate surface area is 123 Å². The van der Waals surface area contributed by atoms with Gasteiger partial charge in [-0.05, 0) is 31.6 Å². The van der Waals surface area contributed by atoms with Crippen molar-refractivity contribution in [1.29, 1.82) is 0 Å². The van der Waals surface area contributed by atoms with E-state index in [2.05, 4.69) is 4.74 Å². The number of hydrogen-bond acceptors (Lipinski definition) is 6. The first-order valence-corrected chi connectivity index (χ1v) is 6.54. The molecule has 1 rings (SSSR count). The van der Waals surface area contributed by atoms with Gasteiger partial charge in [0.1, 0.15) is 5.75 Å². The third kappa shape index (κ3) is 5.78. The van der Waals surface area contributed by atoms with E-state index in [1.807, 2.05) is 11.9 Å². The third-order valence-electron chi connectivity index (χ3n) is 3.00. The van der Waals surface area contributed by atoms with Crippen LogP contribution < -0.4 is 4.74 Å². The van der Waals surface area contributed by atoms with E-state index in [-0.39, 0.29) is 11.7 Å². The van der Waals surface area contributed by atoms with Gasteiger partial charge < -0.3 is 14.4 Å². The van der Waals surface area contributed by atoms with Crippen LogP contribution in [0, 0.1) is 10.1 Å². The van der Waals surface area contributed by atoms with E-state index >= 15 is 0 Å². The molecule has 0 unspecified atom stereocenters. The molecule has 1 aromatic carbocycles. The molecule has 21 heavy (non-hydrogen) atoms. The standard InChI is InChI=1S/C14H20N2O5/c1-15(6-4-5-14(17)21-3)10-11-7-12(16(18)19)9-13(8-11)20-2/h7-9H,4-6,10H2,1-3H3. The van der Waals surface area contributed by atoms with Crippen LogP contribution in [0.1, 0.15) is 18.4 Å². The van der Waals surface area contributed by atoms with Crippen LogP contribution in [-0.2, 0) is 16.1 Å². The van der Waals surface area contributed by atoms with Crippen LogP contribution in [0.5, 0.6) is 5.75 Å². The maximum Gasteiger partial charge on any atom is 0.305 e. The van der Waals surface area contributed by atoms with Crippen molar-refractivity contribution in [3.05, 3.63) is 33.9 Å². The zero-order valence-electron chi connectivity index (χ0n) is 12.5. The summed E-state index contributed by atoms with van der Waals surface area (Å²) in [6.45, 7) is 1.24. The molecule has 0 spiro atoms. The van der Waals surface area contributed by atoms with Crippen molar-refractivity contribution >= 4 is 11.7 Å². The normalized spacial score (nSPS) is 10.5. The van der Waals surface area contributed by atoms with Crippen LogP contribution >= 0.6 is 0 Å². The minimum Gasteiger partial charge on any atom is -0.496 e. The molecule has 0 amide bonds. The molecule has 116 valence electrons. The predicted octanol–water partition coefficient (Wildman–Crippen LogP) is 1.99. The Hall–Kier alpha value is -2.15. The van der Waals surface area contributed by atoms with E-state index in [4.69, 9.17) is 4.74 Å². The average molecular weight is 296 g/mol. The fourth-order valence-corrected chi connectivity index (χ4v) is 1.94. The van der Waals surface area contributed by atoms with Gasteiger partial charge in [0.15, 0.2) is 0 Å². The van der Waals surface area contributed by atoms with Crippen molar-refractivity contribution in [2.75, 3.05) is 27.8 Å². The SMILES string of the molecule is COC(=O)CCCN(C)Cc1cc(OC)cc([N+](=O)[O-])c1. The Kier molecular flexibility index (Phi) is 6.61. The summed E-state index contributed by atoms with van der Waals surface area (Å²) in [5, 5.41) is 10.9. The van der Waals surface area contributed by atoms with E-state index in [1.54, 1.807) is 6.07 Å². The lowest BCUT2D eigenvalue weighted by atomic mass is 10.1. The van der Waals surface area contributed by atoms with Crippen molar-refractivity contribution in [3.8, 4) is 5.75 Å². The highest BCUT2D eigenvalue weighted by atomic mass is 16.6. The van der Waals surface area contributed by atoms with E-state index in [1.165, 1.54) is 26.4 Å². The second-order valence-corrected chi connectivity index (χ2v) is 4.71. The molecule has 0 aliphatic heterocycles. The lowest BCUT2D eigenvalue weighted by Crippen LogP contribution is -2.20. The maximum atomic E-state index is 11.0. The number of esters is 1. The zero-order chi connectivity index (χ0) is 15.8. The summed E-state index contributed by atoms with van der Waals surface area (Å²) in [6.07, 6.45) is 1.04. The zero-order valence-corrected chi connectivity index (χ0v) is 12.5. The number of carbonyl (C=O) groups is 1. The van der Waals surface area contributed by atoms with Gasteiger partial charge in [0, 0.05) is 19.0 Å². The molecule has 7 heteroatoms. The molecular formula is C14H20N2O5. The molecule has 0 atom stereocenters. The van der Waals surface area contributed by atoms with Gasteiger partial charge >= 0.3 is 5.97 Å². The first-order valence-electron chi connectivity index (χ1n) is 6.54. The van der Waals surface area contributed by atoms with Gasteiger partial charge in [0.2, 0.25) is 0 Å². The summed E-state index contributed by atoms with van der Waals surface area (Å²) < 4.78 is 9.64. The van der Waals surface area contributed by atoms with Gasteiger partial charge in [-0.1, -0.05) is 0 Å². The lowest BCUT2D eigenvalue weighted by Gasteiger charge is -2.16. The lowest BCUT2D eigenvalue weighted by molar-refractivity contribution is -0.385. The quantitative estimate of drug-likeness (QED) is 0.414. The molecular weight excluding hydrogens is 276 g/mol. The van der Waals surface area contributed by atoms with Crippen LogP contribution in [0.3, 0.4) is 0 Å². The van der Waals surface area contributed by atoms with Crippen molar-refractivity contribution < 1.29 is 19.2 Å². The van der Waals surface area contributed by atoms with Crippen molar-refractivity contribution in [2.45, 2.75) is 19.4 Å². The molecule has 7 nitrogen and oxygen atoms in total. The summed E-state index contributed by atoms with van der Waals surface area (Å²) in [5.74, 6) is 0.225. The number of nitro benzene ring substituents is 1. The summed E-state index contributed by atoms with van der Waals surface area (Å²) in [5.41, 5.74) is 0.800. The van der Waals surface area contributed by atoms with Crippen LogP contribution in [0.4, 0.5) is 5.69 Å². The first-order chi connectivity index (χ1) is 9.96. The van der Waals surface area contributed by atoms with E-state index in [0.29, 0.717) is 31.7 Å². The van der Waals surface area contributed by atoms with Crippen molar-refractivity contribution in [2.24, 2.45) is 0 Å². The molecule has 0 heterocycles. The minimum atomic E-state index is -0.441. The number of nitro groups is 1. The number of carbonyl (C=O) groups excluding carboxylic acids is 1. The van der Waals surface area contributed by atoms with E-state index < -0.39 is 4.92 Å². The van der Waals surface area contributed by atoms with Gasteiger partial charge in [-0.25, -0.2) is 0 Å². The summed E-state index contributed by atoms with van der Waals surface area (Å²) in [6, 6.07) is 4.68. The smallest absolute Gasteiger partial charge is 0.305 e. The number of nitrogens with zero attached hydrogens (tertiary/aromatic N) is 2. The van der Waals surface area contributed by atoms with Crippen LogP contribution in [-0.4, -0.2) is 43.6 Å². The molecule has 0 saturated heterocycles. The third-order valence-corrected chi connectivity index (χ3v) is 3.00. The minimum absolute atomic E-state index is 0.00677. The Morgan fingerprint density at radius 2 is 2.05 bits per heavy atom. The van der Waals surface area contributed by atoms with E-state index in [0.717, 1.165) is 5.56 Å². The predicted molar refractivity (Wildman–Crippen MR) is 77.2 cm³/mol. The number of methoxy groups -OCH3 is 2. The Morgan fingerprint density at radius 3 is 2.62 bits per heavy atom. The topological polar surface area (TPSA) is 81.9 Å². The molecule has 0 aromatic heterocycles. The summed E-state index contributed by atoms with van der Waals surface area (Å²) in [4.78, 5) is 23.4. The highest BCUT2D eigenvalue weighted by Gasteiger charge is 2.11. The Balaban J connectivity index is 2.62. The highest BCUT2D eigenvalue weighted by molar-refractivity contribution is 5.69. The van der Waals surface area contributed by atoms with Gasteiger partial charge in [-0.3, -0.25) is 14.9 Å². The molecule has 0 aliphatic carbocycles. The van der Waals surface area contributed by atoms with Crippen LogP contribution in [0.15, 0.2) is 18.2 Å². The van der Waals surface area contributed by atoms with E-state index in [9.17, 15) is 14.9 Å². The Morgan fingerprint density at radius 1 is 1.33 bits per heavy atom. The monoisotopic (exact) mass is 296 g/mol. The highest BCUT2D eigenvalue weighted by Crippen LogP contribution is 2.23. The molecule has 0 radical (unpaired) electrons. The molecule has 0 saturated carbocycles. The van der Waals surface area contributed by atoms with Gasteiger partial charge in [0.05, 0.1) is 25.2 Å². The summed E-state index contributed by atoms with van der Waals surface area (Å²) >= 11 is 0. The van der Waals surface area contributed by atoms with Crippen molar-refractivity contribution in [1.82, 2.24) is 4.90 Å². The second-order valence-electron chi connectivity index (χ2n) is 4.71. The van der Waals surface area contributed by atoms with Crippen LogP contribution in [0.25, 0.3) is 0 Å². The second kappa shape index (κ2) is 8.21. The van der Waals surface area contributed by atoms with Gasteiger partial charge in [-0.15, -0.1) is 0 Å². The number of rotatable bonds is 8. The van der Waals surface area contributed by atoms with Crippen molar-refractivity contribution in [3.63, 3.8) is 0 Å². The fourth-order valence-electron chi connectivity index (χ4n) is 1.94. The van der Waals surface area contributed by atoms with Gasteiger partial charge in [0.25, 0.3) is 5.69 Å². The molecule has 0 fully saturated rings. The first kappa shape index (κ1) is 16.9. The van der Waals surface area contributed by atoms with Gasteiger partial charge in [-0.2, -0.15) is 0 Å². The fraction of sp³-hybridized carbons (Fsp3) is 0.500.